The second kappa shape index (κ2) is 5.58. The van der Waals surface area contributed by atoms with Crippen molar-refractivity contribution >= 4 is 0 Å². The second-order valence-corrected chi connectivity index (χ2v) is 3.40. The maximum atomic E-state index is 9.39. The van der Waals surface area contributed by atoms with E-state index in [2.05, 4.69) is 0 Å². The summed E-state index contributed by atoms with van der Waals surface area (Å²) in [6, 6.07) is 4.91. The summed E-state index contributed by atoms with van der Waals surface area (Å²) < 4.78 is 4.99. The molecule has 1 atom stereocenters. The summed E-state index contributed by atoms with van der Waals surface area (Å²) in [6.45, 7) is 0.142. The molecule has 1 aromatic carbocycles. The fourth-order valence-electron chi connectivity index (χ4n) is 1.40. The molecule has 4 heteroatoms. The summed E-state index contributed by atoms with van der Waals surface area (Å²) in [4.78, 5) is 0. The minimum atomic E-state index is -0.133. The Bertz CT molecular complexity index is 315. The lowest BCUT2D eigenvalue weighted by atomic mass is 10.0. The minimum Gasteiger partial charge on any atom is -0.504 e. The number of methoxy groups -OCH3 is 1. The number of aliphatic hydroxyl groups excluding tert-OH is 1. The summed E-state index contributed by atoms with van der Waals surface area (Å²) in [5.74, 6) is 0.530. The minimum absolute atomic E-state index is 0.107. The molecule has 84 valence electrons. The highest BCUT2D eigenvalue weighted by Gasteiger charge is 2.09. The SMILES string of the molecule is COc1cc([C@@H](N)CCCO)ccc1O. The van der Waals surface area contributed by atoms with Crippen LogP contribution in [0.4, 0.5) is 0 Å². The number of phenolic OH excluding ortho intramolecular Hbond substituents is 1. The number of hydrogen-bond donors (Lipinski definition) is 3. The smallest absolute Gasteiger partial charge is 0.160 e. The van der Waals surface area contributed by atoms with Crippen LogP contribution in [0.25, 0.3) is 0 Å². The van der Waals surface area contributed by atoms with Gasteiger partial charge in [-0.3, -0.25) is 0 Å². The molecule has 0 unspecified atom stereocenters. The van der Waals surface area contributed by atoms with E-state index in [1.54, 1.807) is 18.2 Å². The quantitative estimate of drug-likeness (QED) is 0.683. The molecule has 0 saturated heterocycles. The van der Waals surface area contributed by atoms with E-state index in [1.807, 2.05) is 0 Å². The first-order chi connectivity index (χ1) is 7.19. The van der Waals surface area contributed by atoms with Gasteiger partial charge < -0.3 is 20.7 Å². The molecule has 1 rings (SSSR count). The molecule has 0 saturated carbocycles. The molecule has 0 bridgehead atoms. The Labute approximate surface area is 89.3 Å². The average Bonchev–Trinajstić information content (AvgIpc) is 2.26. The van der Waals surface area contributed by atoms with Crippen molar-refractivity contribution in [2.75, 3.05) is 13.7 Å². The molecule has 15 heavy (non-hydrogen) atoms. The first kappa shape index (κ1) is 11.8. The lowest BCUT2D eigenvalue weighted by Crippen LogP contribution is -2.10. The van der Waals surface area contributed by atoms with Crippen molar-refractivity contribution < 1.29 is 14.9 Å². The van der Waals surface area contributed by atoms with E-state index in [4.69, 9.17) is 15.6 Å². The summed E-state index contributed by atoms with van der Waals surface area (Å²) in [6.07, 6.45) is 1.38. The van der Waals surface area contributed by atoms with Gasteiger partial charge in [-0.05, 0) is 30.5 Å². The Morgan fingerprint density at radius 1 is 1.47 bits per heavy atom. The number of rotatable bonds is 5. The Balaban J connectivity index is 2.76. The molecule has 1 aromatic rings. The Kier molecular flexibility index (Phi) is 4.39. The van der Waals surface area contributed by atoms with Crippen LogP contribution in [0.3, 0.4) is 0 Å². The second-order valence-electron chi connectivity index (χ2n) is 3.40. The van der Waals surface area contributed by atoms with E-state index in [0.717, 1.165) is 5.56 Å². The molecule has 4 N–H and O–H groups in total. The topological polar surface area (TPSA) is 75.7 Å². The van der Waals surface area contributed by atoms with E-state index in [0.29, 0.717) is 18.6 Å². The summed E-state index contributed by atoms with van der Waals surface area (Å²) in [7, 11) is 1.50. The highest BCUT2D eigenvalue weighted by atomic mass is 16.5. The van der Waals surface area contributed by atoms with Gasteiger partial charge in [0.2, 0.25) is 0 Å². The van der Waals surface area contributed by atoms with Crippen molar-refractivity contribution in [1.82, 2.24) is 0 Å². The fourth-order valence-corrected chi connectivity index (χ4v) is 1.40. The largest absolute Gasteiger partial charge is 0.504 e. The van der Waals surface area contributed by atoms with Crippen molar-refractivity contribution in [3.63, 3.8) is 0 Å². The van der Waals surface area contributed by atoms with Crippen LogP contribution in [0.5, 0.6) is 11.5 Å². The molecule has 0 aromatic heterocycles. The molecule has 0 aliphatic heterocycles. The molecular weight excluding hydrogens is 194 g/mol. The predicted molar refractivity (Wildman–Crippen MR) is 57.9 cm³/mol. The third-order valence-corrected chi connectivity index (χ3v) is 2.31. The van der Waals surface area contributed by atoms with Crippen LogP contribution in [-0.2, 0) is 0 Å². The summed E-state index contributed by atoms with van der Waals surface area (Å²) in [5.41, 5.74) is 6.81. The molecule has 0 amide bonds. The van der Waals surface area contributed by atoms with Gasteiger partial charge in [0.15, 0.2) is 11.5 Å². The highest BCUT2D eigenvalue weighted by Crippen LogP contribution is 2.29. The standard InChI is InChI=1S/C11H17NO3/c1-15-11-7-8(4-5-10(11)14)9(12)3-2-6-13/h4-5,7,9,13-14H,2-3,6,12H2,1H3/t9-/m0/s1. The number of nitrogens with two attached hydrogens (primary N) is 1. The molecule has 0 aliphatic carbocycles. The highest BCUT2D eigenvalue weighted by molar-refractivity contribution is 5.42. The lowest BCUT2D eigenvalue weighted by Gasteiger charge is -2.13. The maximum Gasteiger partial charge on any atom is 0.160 e. The summed E-state index contributed by atoms with van der Waals surface area (Å²) >= 11 is 0. The Morgan fingerprint density at radius 3 is 2.80 bits per heavy atom. The van der Waals surface area contributed by atoms with Crippen LogP contribution < -0.4 is 10.5 Å². The van der Waals surface area contributed by atoms with Crippen molar-refractivity contribution in [2.45, 2.75) is 18.9 Å². The number of ether oxygens (including phenoxy) is 1. The van der Waals surface area contributed by atoms with Gasteiger partial charge in [0.25, 0.3) is 0 Å². The van der Waals surface area contributed by atoms with E-state index in [9.17, 15) is 5.11 Å². The normalized spacial score (nSPS) is 12.5. The molecule has 0 heterocycles. The molecular formula is C11H17NO3. The van der Waals surface area contributed by atoms with Crippen LogP contribution in [0.2, 0.25) is 0 Å². The zero-order chi connectivity index (χ0) is 11.3. The Morgan fingerprint density at radius 2 is 2.20 bits per heavy atom. The Hall–Kier alpha value is -1.26. The van der Waals surface area contributed by atoms with Crippen molar-refractivity contribution in [3.05, 3.63) is 23.8 Å². The zero-order valence-electron chi connectivity index (χ0n) is 8.81. The third kappa shape index (κ3) is 3.11. The van der Waals surface area contributed by atoms with Crippen LogP contribution in [0.15, 0.2) is 18.2 Å². The number of benzene rings is 1. The first-order valence-electron chi connectivity index (χ1n) is 4.92. The molecule has 0 aliphatic rings. The fraction of sp³-hybridized carbons (Fsp3) is 0.455. The van der Waals surface area contributed by atoms with Crippen LogP contribution in [0, 0.1) is 0 Å². The molecule has 4 nitrogen and oxygen atoms in total. The van der Waals surface area contributed by atoms with E-state index >= 15 is 0 Å². The van der Waals surface area contributed by atoms with E-state index in [-0.39, 0.29) is 18.4 Å². The van der Waals surface area contributed by atoms with Gasteiger partial charge >= 0.3 is 0 Å². The van der Waals surface area contributed by atoms with Crippen LogP contribution >= 0.6 is 0 Å². The van der Waals surface area contributed by atoms with E-state index in [1.165, 1.54) is 7.11 Å². The van der Waals surface area contributed by atoms with Gasteiger partial charge in [-0.2, -0.15) is 0 Å². The molecule has 0 spiro atoms. The van der Waals surface area contributed by atoms with E-state index < -0.39 is 0 Å². The van der Waals surface area contributed by atoms with Gasteiger partial charge in [-0.15, -0.1) is 0 Å². The van der Waals surface area contributed by atoms with Gasteiger partial charge in [-0.25, -0.2) is 0 Å². The van der Waals surface area contributed by atoms with Crippen LogP contribution in [0.1, 0.15) is 24.4 Å². The maximum absolute atomic E-state index is 9.39. The number of aliphatic hydroxyl groups is 1. The number of hydrogen-bond acceptors (Lipinski definition) is 4. The van der Waals surface area contributed by atoms with Gasteiger partial charge in [0.05, 0.1) is 7.11 Å². The monoisotopic (exact) mass is 211 g/mol. The average molecular weight is 211 g/mol. The van der Waals surface area contributed by atoms with Gasteiger partial charge in [-0.1, -0.05) is 6.07 Å². The third-order valence-electron chi connectivity index (χ3n) is 2.31. The zero-order valence-corrected chi connectivity index (χ0v) is 8.81. The van der Waals surface area contributed by atoms with Crippen LogP contribution in [-0.4, -0.2) is 23.9 Å². The van der Waals surface area contributed by atoms with Crippen molar-refractivity contribution in [1.29, 1.82) is 0 Å². The van der Waals surface area contributed by atoms with Gasteiger partial charge in [0.1, 0.15) is 0 Å². The number of phenols is 1. The van der Waals surface area contributed by atoms with Crippen molar-refractivity contribution in [3.8, 4) is 11.5 Å². The summed E-state index contributed by atoms with van der Waals surface area (Å²) in [5, 5.41) is 18.1. The van der Waals surface area contributed by atoms with Gasteiger partial charge in [0, 0.05) is 12.6 Å². The lowest BCUT2D eigenvalue weighted by molar-refractivity contribution is 0.280. The first-order valence-corrected chi connectivity index (χ1v) is 4.92. The predicted octanol–water partition coefficient (Wildman–Crippen LogP) is 1.17. The number of aromatic hydroxyl groups is 1. The van der Waals surface area contributed by atoms with Crippen molar-refractivity contribution in [2.24, 2.45) is 5.73 Å². The molecule has 0 fully saturated rings. The molecule has 0 radical (unpaired) electrons.